The van der Waals surface area contributed by atoms with Gasteiger partial charge in [-0.3, -0.25) is 4.99 Å². The molecule has 1 aromatic heterocycles. The molecule has 1 aromatic rings. The molecule has 10 heteroatoms. The van der Waals surface area contributed by atoms with Crippen LogP contribution in [0.25, 0.3) is 0 Å². The minimum absolute atomic E-state index is 0.119. The molecule has 0 spiro atoms. The van der Waals surface area contributed by atoms with Crippen LogP contribution in [0.4, 0.5) is 0 Å². The molecule has 142 valence electrons. The van der Waals surface area contributed by atoms with E-state index in [1.165, 1.54) is 22.7 Å². The molecule has 1 N–H and O–H groups in total. The van der Waals surface area contributed by atoms with Crippen molar-refractivity contribution in [2.45, 2.75) is 18.6 Å². The first-order chi connectivity index (χ1) is 12.1. The number of rotatable bonds is 8. The second-order valence-corrected chi connectivity index (χ2v) is 8.76. The second kappa shape index (κ2) is 10.0. The van der Waals surface area contributed by atoms with E-state index in [1.807, 2.05) is 11.8 Å². The first-order valence-corrected chi connectivity index (χ1v) is 11.4. The minimum atomic E-state index is -3.37. The molecule has 2 heterocycles. The molecule has 0 saturated carbocycles. The van der Waals surface area contributed by atoms with Gasteiger partial charge in [-0.2, -0.15) is 16.1 Å². The van der Waals surface area contributed by atoms with Gasteiger partial charge in [-0.1, -0.05) is 5.16 Å². The number of aliphatic imine (C=N–C) groups is 1. The predicted molar refractivity (Wildman–Crippen MR) is 101 cm³/mol. The zero-order valence-corrected chi connectivity index (χ0v) is 16.5. The van der Waals surface area contributed by atoms with Gasteiger partial charge in [0.25, 0.3) is 0 Å². The van der Waals surface area contributed by atoms with E-state index in [-0.39, 0.29) is 5.75 Å². The van der Waals surface area contributed by atoms with Gasteiger partial charge in [0, 0.05) is 45.8 Å². The Morgan fingerprint density at radius 2 is 2.12 bits per heavy atom. The van der Waals surface area contributed by atoms with Crippen LogP contribution in [0, 0.1) is 0 Å². The minimum Gasteiger partial charge on any atom is -0.364 e. The molecule has 1 saturated heterocycles. The first kappa shape index (κ1) is 20.1. The molecule has 0 bridgehead atoms. The second-order valence-electron chi connectivity index (χ2n) is 5.81. The number of sulfonamides is 1. The average molecular weight is 390 g/mol. The van der Waals surface area contributed by atoms with Crippen molar-refractivity contribution >= 4 is 27.7 Å². The highest BCUT2D eigenvalue weighted by atomic mass is 32.2. The largest absolute Gasteiger partial charge is 0.364 e. The number of piperazine rings is 1. The van der Waals surface area contributed by atoms with E-state index in [0.717, 1.165) is 18.9 Å². The van der Waals surface area contributed by atoms with E-state index < -0.39 is 10.0 Å². The summed E-state index contributed by atoms with van der Waals surface area (Å²) in [7, 11) is -1.61. The third-order valence-corrected chi connectivity index (χ3v) is 6.53. The molecular formula is C15H27N5O3S2. The van der Waals surface area contributed by atoms with Crippen molar-refractivity contribution in [1.82, 2.24) is 19.7 Å². The van der Waals surface area contributed by atoms with Crippen LogP contribution < -0.4 is 5.32 Å². The molecule has 1 aliphatic rings. The lowest BCUT2D eigenvalue weighted by atomic mass is 10.3. The van der Waals surface area contributed by atoms with Crippen molar-refractivity contribution < 1.29 is 12.9 Å². The number of unbranched alkanes of at least 4 members (excludes halogenated alkanes) is 1. The molecular weight excluding hydrogens is 362 g/mol. The molecule has 2 rings (SSSR count). The molecule has 0 aromatic carbocycles. The molecule has 0 radical (unpaired) electrons. The number of guanidine groups is 1. The summed E-state index contributed by atoms with van der Waals surface area (Å²) in [4.78, 5) is 6.42. The van der Waals surface area contributed by atoms with E-state index in [4.69, 9.17) is 4.52 Å². The maximum atomic E-state index is 12.4. The van der Waals surface area contributed by atoms with Gasteiger partial charge in [-0.05, 0) is 24.9 Å². The first-order valence-electron chi connectivity index (χ1n) is 8.38. The Morgan fingerprint density at radius 1 is 1.36 bits per heavy atom. The molecule has 8 nitrogen and oxygen atoms in total. The van der Waals surface area contributed by atoms with Crippen LogP contribution >= 0.6 is 11.8 Å². The van der Waals surface area contributed by atoms with Crippen molar-refractivity contribution in [2.24, 2.45) is 4.99 Å². The van der Waals surface area contributed by atoms with E-state index in [1.54, 1.807) is 13.1 Å². The van der Waals surface area contributed by atoms with Gasteiger partial charge in [0.2, 0.25) is 10.0 Å². The van der Waals surface area contributed by atoms with E-state index in [2.05, 4.69) is 26.6 Å². The highest BCUT2D eigenvalue weighted by Gasteiger charge is 2.28. The van der Waals surface area contributed by atoms with Gasteiger partial charge in [-0.15, -0.1) is 0 Å². The standard InChI is InChI=1S/C15H27N5O3S2/c1-16-15(17-6-3-4-12-24-2)19-7-9-20(10-8-19)25(21,22)13-14-5-11-23-18-14/h5,11H,3-4,6-10,12-13H2,1-2H3,(H,16,17). The highest BCUT2D eigenvalue weighted by Crippen LogP contribution is 2.12. The van der Waals surface area contributed by atoms with E-state index in [0.29, 0.717) is 31.9 Å². The Kier molecular flexibility index (Phi) is 8.04. The number of hydrogen-bond acceptors (Lipinski definition) is 6. The van der Waals surface area contributed by atoms with Gasteiger partial charge < -0.3 is 14.7 Å². The van der Waals surface area contributed by atoms with Crippen molar-refractivity contribution in [1.29, 1.82) is 0 Å². The summed E-state index contributed by atoms with van der Waals surface area (Å²) >= 11 is 1.86. The van der Waals surface area contributed by atoms with Crippen LogP contribution in [0.2, 0.25) is 0 Å². The van der Waals surface area contributed by atoms with Gasteiger partial charge in [0.15, 0.2) is 5.96 Å². The normalized spacial score (nSPS) is 17.0. The fourth-order valence-corrected chi connectivity index (χ4v) is 4.59. The number of aromatic nitrogens is 1. The maximum Gasteiger partial charge on any atom is 0.220 e. The molecule has 0 atom stereocenters. The molecule has 0 aliphatic carbocycles. The molecule has 0 unspecified atom stereocenters. The average Bonchev–Trinajstić information content (AvgIpc) is 3.10. The number of hydrogen-bond donors (Lipinski definition) is 1. The number of nitrogens with one attached hydrogen (secondary N) is 1. The maximum absolute atomic E-state index is 12.4. The Balaban J connectivity index is 1.79. The van der Waals surface area contributed by atoms with Crippen LogP contribution in [0.1, 0.15) is 18.5 Å². The summed E-state index contributed by atoms with van der Waals surface area (Å²) < 4.78 is 31.1. The van der Waals surface area contributed by atoms with E-state index in [9.17, 15) is 8.42 Å². The van der Waals surface area contributed by atoms with Gasteiger partial charge in [0.1, 0.15) is 12.0 Å². The van der Waals surface area contributed by atoms with Gasteiger partial charge in [-0.25, -0.2) is 8.42 Å². The smallest absolute Gasteiger partial charge is 0.220 e. The van der Waals surface area contributed by atoms with Crippen molar-refractivity contribution in [2.75, 3.05) is 51.8 Å². The van der Waals surface area contributed by atoms with Crippen molar-refractivity contribution in [3.05, 3.63) is 18.0 Å². The molecule has 25 heavy (non-hydrogen) atoms. The summed E-state index contributed by atoms with van der Waals surface area (Å²) in [6.07, 6.45) is 5.78. The monoisotopic (exact) mass is 389 g/mol. The summed E-state index contributed by atoms with van der Waals surface area (Å²) in [6.45, 7) is 3.05. The lowest BCUT2D eigenvalue weighted by Gasteiger charge is -2.35. The zero-order chi connectivity index (χ0) is 18.1. The zero-order valence-electron chi connectivity index (χ0n) is 14.8. The number of nitrogens with zero attached hydrogens (tertiary/aromatic N) is 4. The molecule has 0 amide bonds. The SMILES string of the molecule is CN=C(NCCCCSC)N1CCN(S(=O)(=O)Cc2ccon2)CC1. The molecule has 1 fully saturated rings. The highest BCUT2D eigenvalue weighted by molar-refractivity contribution is 7.98. The topological polar surface area (TPSA) is 91.0 Å². The summed E-state index contributed by atoms with van der Waals surface area (Å²) in [6, 6.07) is 1.58. The summed E-state index contributed by atoms with van der Waals surface area (Å²) in [5, 5.41) is 7.05. The molecule has 1 aliphatic heterocycles. The van der Waals surface area contributed by atoms with Crippen molar-refractivity contribution in [3.63, 3.8) is 0 Å². The van der Waals surface area contributed by atoms with Gasteiger partial charge >= 0.3 is 0 Å². The Bertz CT molecular complexity index is 626. The lowest BCUT2D eigenvalue weighted by molar-refractivity contribution is 0.260. The summed E-state index contributed by atoms with van der Waals surface area (Å²) in [5.41, 5.74) is 0.435. The summed E-state index contributed by atoms with van der Waals surface area (Å²) in [5.74, 6) is 1.89. The van der Waals surface area contributed by atoms with Crippen molar-refractivity contribution in [3.8, 4) is 0 Å². The fourth-order valence-electron chi connectivity index (χ4n) is 2.67. The van der Waals surface area contributed by atoms with Crippen LogP contribution in [-0.2, 0) is 15.8 Å². The Labute approximate surface area is 154 Å². The van der Waals surface area contributed by atoms with E-state index >= 15 is 0 Å². The predicted octanol–water partition coefficient (Wildman–Crippen LogP) is 0.841. The Hall–Kier alpha value is -1.26. The third kappa shape index (κ3) is 6.19. The quantitative estimate of drug-likeness (QED) is 0.400. The number of thioether (sulfide) groups is 1. The van der Waals surface area contributed by atoms with Crippen LogP contribution in [-0.4, -0.2) is 80.5 Å². The lowest BCUT2D eigenvalue weighted by Crippen LogP contribution is -2.54. The van der Waals surface area contributed by atoms with Crippen LogP contribution in [0.15, 0.2) is 21.8 Å². The fraction of sp³-hybridized carbons (Fsp3) is 0.733. The Morgan fingerprint density at radius 3 is 2.72 bits per heavy atom. The third-order valence-electron chi connectivity index (χ3n) is 4.02. The van der Waals surface area contributed by atoms with Gasteiger partial charge in [0.05, 0.1) is 5.69 Å². The van der Waals surface area contributed by atoms with Crippen LogP contribution in [0.5, 0.6) is 0 Å². The van der Waals surface area contributed by atoms with Crippen LogP contribution in [0.3, 0.4) is 0 Å².